The summed E-state index contributed by atoms with van der Waals surface area (Å²) in [6, 6.07) is 9.11. The molecule has 0 heterocycles. The van der Waals surface area contributed by atoms with Crippen molar-refractivity contribution in [3.8, 4) is 0 Å². The molecule has 6 heteroatoms. The summed E-state index contributed by atoms with van der Waals surface area (Å²) in [6.45, 7) is 9.06. The van der Waals surface area contributed by atoms with Gasteiger partial charge in [0, 0.05) is 13.2 Å². The topological polar surface area (TPSA) is 85.2 Å². The van der Waals surface area contributed by atoms with Crippen molar-refractivity contribution in [2.24, 2.45) is 0 Å². The summed E-state index contributed by atoms with van der Waals surface area (Å²) in [7, 11) is 0. The standard InChI is InChI=1S/C13H18O2.C4H10O3.C4H10O/c1-2-3-4-8-11-15-13(14)12-9-6-5-7-10-12;5-1-3-7-4-2-6;1-3-5-4-2/h5-7,9-10H,2-4,8,11H2,1H3;5-6H,1-4H2;3-4H2,1-2H3. The predicted molar refractivity (Wildman–Crippen MR) is 108 cm³/mol. The summed E-state index contributed by atoms with van der Waals surface area (Å²) in [5.74, 6) is -0.216. The molecule has 0 aromatic heterocycles. The first-order valence-electron chi connectivity index (χ1n) is 9.77. The van der Waals surface area contributed by atoms with Crippen LogP contribution in [0, 0.1) is 0 Å². The minimum absolute atomic E-state index is 0.0278. The quantitative estimate of drug-likeness (QED) is 0.423. The maximum Gasteiger partial charge on any atom is 0.338 e. The van der Waals surface area contributed by atoms with E-state index in [4.69, 9.17) is 19.7 Å². The maximum absolute atomic E-state index is 11.5. The second-order valence-corrected chi connectivity index (χ2v) is 5.40. The number of carbonyl (C=O) groups excluding carboxylic acids is 1. The highest BCUT2D eigenvalue weighted by Crippen LogP contribution is 2.03. The number of aliphatic hydroxyl groups excluding tert-OH is 2. The average Bonchev–Trinajstić information content (AvgIpc) is 2.70. The third-order valence-corrected chi connectivity index (χ3v) is 3.12. The Morgan fingerprint density at radius 1 is 0.815 bits per heavy atom. The summed E-state index contributed by atoms with van der Waals surface area (Å²) in [5, 5.41) is 16.2. The van der Waals surface area contributed by atoms with E-state index in [9.17, 15) is 4.79 Å². The normalized spacial score (nSPS) is 9.52. The van der Waals surface area contributed by atoms with Crippen molar-refractivity contribution in [3.63, 3.8) is 0 Å². The van der Waals surface area contributed by atoms with Crippen LogP contribution in [0.4, 0.5) is 0 Å². The number of carbonyl (C=O) groups is 1. The highest BCUT2D eigenvalue weighted by Gasteiger charge is 2.04. The Morgan fingerprint density at radius 2 is 1.41 bits per heavy atom. The van der Waals surface area contributed by atoms with Crippen LogP contribution >= 0.6 is 0 Å². The Kier molecular flexibility index (Phi) is 25.2. The van der Waals surface area contributed by atoms with Gasteiger partial charge in [0.1, 0.15) is 0 Å². The molecule has 158 valence electrons. The minimum atomic E-state index is -0.216. The van der Waals surface area contributed by atoms with Gasteiger partial charge in [-0.05, 0) is 32.4 Å². The number of unbranched alkanes of at least 4 members (excludes halogenated alkanes) is 3. The summed E-state index contributed by atoms with van der Waals surface area (Å²) >= 11 is 0. The largest absolute Gasteiger partial charge is 0.462 e. The van der Waals surface area contributed by atoms with Gasteiger partial charge in [-0.25, -0.2) is 4.79 Å². The number of rotatable bonds is 12. The zero-order chi connectivity index (χ0) is 20.6. The van der Waals surface area contributed by atoms with Gasteiger partial charge in [0.15, 0.2) is 0 Å². The van der Waals surface area contributed by atoms with Crippen LogP contribution in [0.1, 0.15) is 56.8 Å². The van der Waals surface area contributed by atoms with Crippen LogP contribution in [0.2, 0.25) is 0 Å². The van der Waals surface area contributed by atoms with Crippen molar-refractivity contribution in [1.29, 1.82) is 0 Å². The number of benzene rings is 1. The van der Waals surface area contributed by atoms with E-state index in [1.165, 1.54) is 12.8 Å². The van der Waals surface area contributed by atoms with Gasteiger partial charge in [0.05, 0.1) is 38.6 Å². The Balaban J connectivity index is 0. The first-order chi connectivity index (χ1) is 13.2. The van der Waals surface area contributed by atoms with Gasteiger partial charge in [0.25, 0.3) is 0 Å². The Bertz CT molecular complexity index is 391. The van der Waals surface area contributed by atoms with E-state index in [1.807, 2.05) is 32.0 Å². The van der Waals surface area contributed by atoms with Gasteiger partial charge in [-0.15, -0.1) is 0 Å². The molecule has 0 saturated heterocycles. The highest BCUT2D eigenvalue weighted by atomic mass is 16.5. The molecule has 0 saturated carbocycles. The van der Waals surface area contributed by atoms with Gasteiger partial charge in [0.2, 0.25) is 0 Å². The van der Waals surface area contributed by atoms with Crippen molar-refractivity contribution < 1.29 is 29.2 Å². The molecule has 6 nitrogen and oxygen atoms in total. The molecule has 0 fully saturated rings. The second-order valence-electron chi connectivity index (χ2n) is 5.40. The van der Waals surface area contributed by atoms with Crippen LogP contribution in [-0.2, 0) is 14.2 Å². The smallest absolute Gasteiger partial charge is 0.338 e. The van der Waals surface area contributed by atoms with E-state index < -0.39 is 0 Å². The summed E-state index contributed by atoms with van der Waals surface area (Å²) in [5.41, 5.74) is 0.632. The molecule has 0 aliphatic heterocycles. The van der Waals surface area contributed by atoms with Crippen LogP contribution in [0.25, 0.3) is 0 Å². The molecule has 0 spiro atoms. The van der Waals surface area contributed by atoms with E-state index in [0.717, 1.165) is 26.1 Å². The molecule has 0 radical (unpaired) electrons. The van der Waals surface area contributed by atoms with Crippen LogP contribution < -0.4 is 0 Å². The van der Waals surface area contributed by atoms with Gasteiger partial charge in [-0.2, -0.15) is 0 Å². The van der Waals surface area contributed by atoms with Crippen LogP contribution in [0.5, 0.6) is 0 Å². The van der Waals surface area contributed by atoms with Crippen molar-refractivity contribution in [2.75, 3.05) is 46.2 Å². The Labute approximate surface area is 164 Å². The zero-order valence-corrected chi connectivity index (χ0v) is 17.2. The van der Waals surface area contributed by atoms with Gasteiger partial charge >= 0.3 is 5.97 Å². The molecule has 0 bridgehead atoms. The molecule has 0 amide bonds. The summed E-state index contributed by atoms with van der Waals surface area (Å²) in [4.78, 5) is 11.5. The van der Waals surface area contributed by atoms with Crippen LogP contribution in [0.3, 0.4) is 0 Å². The fourth-order valence-corrected chi connectivity index (χ4v) is 1.79. The zero-order valence-electron chi connectivity index (χ0n) is 17.2. The predicted octanol–water partition coefficient (Wildman–Crippen LogP) is 3.45. The molecular weight excluding hydrogens is 348 g/mol. The van der Waals surface area contributed by atoms with Gasteiger partial charge in [-0.3, -0.25) is 0 Å². The lowest BCUT2D eigenvalue weighted by Crippen LogP contribution is -2.06. The van der Waals surface area contributed by atoms with Crippen molar-refractivity contribution in [2.45, 2.75) is 46.5 Å². The van der Waals surface area contributed by atoms with E-state index in [1.54, 1.807) is 12.1 Å². The van der Waals surface area contributed by atoms with Crippen molar-refractivity contribution in [1.82, 2.24) is 0 Å². The third-order valence-electron chi connectivity index (χ3n) is 3.12. The van der Waals surface area contributed by atoms with E-state index in [2.05, 4.69) is 11.7 Å². The number of esters is 1. The lowest BCUT2D eigenvalue weighted by Gasteiger charge is -2.03. The van der Waals surface area contributed by atoms with Crippen LogP contribution in [0.15, 0.2) is 30.3 Å². The molecule has 1 rings (SSSR count). The van der Waals surface area contributed by atoms with Gasteiger partial charge < -0.3 is 24.4 Å². The SMILES string of the molecule is CCCCCCOC(=O)c1ccccc1.CCOCC.OCCOCCO. The molecule has 27 heavy (non-hydrogen) atoms. The lowest BCUT2D eigenvalue weighted by atomic mass is 10.2. The van der Waals surface area contributed by atoms with Gasteiger partial charge in [-0.1, -0.05) is 44.4 Å². The molecule has 0 aliphatic carbocycles. The highest BCUT2D eigenvalue weighted by molar-refractivity contribution is 5.89. The Morgan fingerprint density at radius 3 is 1.85 bits per heavy atom. The molecule has 2 N–H and O–H groups in total. The van der Waals surface area contributed by atoms with E-state index in [0.29, 0.717) is 25.4 Å². The average molecular weight is 387 g/mol. The summed E-state index contributed by atoms with van der Waals surface area (Å²) < 4.78 is 14.6. The first kappa shape index (κ1) is 27.7. The first-order valence-corrected chi connectivity index (χ1v) is 9.77. The van der Waals surface area contributed by atoms with E-state index >= 15 is 0 Å². The number of hydrogen-bond donors (Lipinski definition) is 2. The molecule has 0 aliphatic rings. The van der Waals surface area contributed by atoms with Crippen LogP contribution in [-0.4, -0.2) is 62.4 Å². The number of ether oxygens (including phenoxy) is 3. The fraction of sp³-hybridized carbons (Fsp3) is 0.667. The summed E-state index contributed by atoms with van der Waals surface area (Å²) in [6.07, 6.45) is 4.51. The fourth-order valence-electron chi connectivity index (χ4n) is 1.79. The molecule has 1 aromatic carbocycles. The van der Waals surface area contributed by atoms with Crippen molar-refractivity contribution >= 4 is 5.97 Å². The van der Waals surface area contributed by atoms with E-state index in [-0.39, 0.29) is 19.2 Å². The monoisotopic (exact) mass is 386 g/mol. The molecule has 1 aromatic rings. The minimum Gasteiger partial charge on any atom is -0.462 e. The Hall–Kier alpha value is -1.47. The second kappa shape index (κ2) is 24.5. The molecule has 0 unspecified atom stereocenters. The maximum atomic E-state index is 11.5. The number of hydrogen-bond acceptors (Lipinski definition) is 6. The van der Waals surface area contributed by atoms with Crippen molar-refractivity contribution in [3.05, 3.63) is 35.9 Å². The lowest BCUT2D eigenvalue weighted by molar-refractivity contribution is 0.0498. The molecular formula is C21H38O6. The molecule has 0 atom stereocenters. The third kappa shape index (κ3) is 22.5. The number of aliphatic hydroxyl groups is 2.